The van der Waals surface area contributed by atoms with Crippen molar-refractivity contribution in [2.45, 2.75) is 13.3 Å². The van der Waals surface area contributed by atoms with Gasteiger partial charge in [-0.1, -0.05) is 6.92 Å². The maximum absolute atomic E-state index is 11.2. The minimum atomic E-state index is -0.398. The summed E-state index contributed by atoms with van der Waals surface area (Å²) in [6.45, 7) is 1.97. The number of carbonyl (C=O) groups is 1. The number of aryl methyl sites for hydroxylation is 2. The summed E-state index contributed by atoms with van der Waals surface area (Å²) in [4.78, 5) is 14.6. The third-order valence-corrected chi connectivity index (χ3v) is 1.75. The lowest BCUT2D eigenvalue weighted by Crippen LogP contribution is -2.03. The number of hydrogen-bond acceptors (Lipinski definition) is 3. The third-order valence-electron chi connectivity index (χ3n) is 1.66. The number of aliphatic imine (C=N–C) groups is 1. The summed E-state index contributed by atoms with van der Waals surface area (Å²) < 4.78 is 1.50. The van der Waals surface area contributed by atoms with Crippen molar-refractivity contribution in [2.24, 2.45) is 12.0 Å². The van der Waals surface area contributed by atoms with Crippen molar-refractivity contribution in [2.75, 3.05) is 0 Å². The molecule has 1 rings (SSSR count). The Bertz CT molecular complexity index is 377. The molecule has 1 heterocycles. The number of hydrogen-bond donors (Lipinski definition) is 0. The number of rotatable bonds is 2. The van der Waals surface area contributed by atoms with Crippen molar-refractivity contribution in [3.05, 3.63) is 17.5 Å². The predicted molar refractivity (Wildman–Crippen MR) is 51.9 cm³/mol. The van der Waals surface area contributed by atoms with E-state index in [1.54, 1.807) is 13.1 Å². The predicted octanol–water partition coefficient (Wildman–Crippen LogP) is 1.23. The molecule has 4 nitrogen and oxygen atoms in total. The van der Waals surface area contributed by atoms with Crippen LogP contribution in [0.4, 0.5) is 0 Å². The summed E-state index contributed by atoms with van der Waals surface area (Å²) in [5.41, 5.74) is 1.31. The summed E-state index contributed by atoms with van der Waals surface area (Å²) >= 11 is 4.34. The van der Waals surface area contributed by atoms with Gasteiger partial charge in [0.2, 0.25) is 0 Å². The Kier molecular flexibility index (Phi) is 3.06. The molecule has 0 aliphatic carbocycles. The minimum absolute atomic E-state index is 0.398. The molecule has 1 amide bonds. The molecule has 0 aliphatic heterocycles. The summed E-state index contributed by atoms with van der Waals surface area (Å²) in [5.74, 6) is -0.398. The van der Waals surface area contributed by atoms with Crippen LogP contribution in [0.3, 0.4) is 0 Å². The summed E-state index contributed by atoms with van der Waals surface area (Å²) in [7, 11) is 1.70. The maximum Gasteiger partial charge on any atom is 0.304 e. The van der Waals surface area contributed by atoms with Crippen molar-refractivity contribution in [3.63, 3.8) is 0 Å². The van der Waals surface area contributed by atoms with Crippen LogP contribution in [0.2, 0.25) is 0 Å². The molecule has 1 aromatic heterocycles. The van der Waals surface area contributed by atoms with Crippen LogP contribution < -0.4 is 0 Å². The molecule has 0 spiro atoms. The van der Waals surface area contributed by atoms with E-state index in [9.17, 15) is 4.79 Å². The molecule has 0 N–H and O–H groups in total. The van der Waals surface area contributed by atoms with Crippen LogP contribution in [0.15, 0.2) is 11.1 Å². The Hall–Kier alpha value is -1.32. The van der Waals surface area contributed by atoms with E-state index in [1.807, 2.05) is 12.1 Å². The Labute approximate surface area is 81.3 Å². The topological polar surface area (TPSA) is 47.2 Å². The van der Waals surface area contributed by atoms with Gasteiger partial charge in [-0.25, -0.2) is 0 Å². The quantitative estimate of drug-likeness (QED) is 0.526. The van der Waals surface area contributed by atoms with E-state index in [0.717, 1.165) is 12.1 Å². The average molecular weight is 195 g/mol. The van der Waals surface area contributed by atoms with Crippen LogP contribution in [0.5, 0.6) is 0 Å². The highest BCUT2D eigenvalue weighted by atomic mass is 32.1. The number of amides is 1. The lowest BCUT2D eigenvalue weighted by molar-refractivity contribution is 0.0995. The van der Waals surface area contributed by atoms with Gasteiger partial charge >= 0.3 is 5.91 Å². The van der Waals surface area contributed by atoms with Gasteiger partial charge < -0.3 is 0 Å². The van der Waals surface area contributed by atoms with Gasteiger partial charge in [0.05, 0.1) is 10.9 Å². The van der Waals surface area contributed by atoms with Crippen LogP contribution in [-0.4, -0.2) is 20.8 Å². The van der Waals surface area contributed by atoms with Gasteiger partial charge in [-0.3, -0.25) is 9.48 Å². The zero-order chi connectivity index (χ0) is 9.84. The molecule has 0 atom stereocenters. The van der Waals surface area contributed by atoms with Crippen LogP contribution in [0.25, 0.3) is 0 Å². The molecule has 0 aromatic carbocycles. The van der Waals surface area contributed by atoms with Gasteiger partial charge in [0.25, 0.3) is 0 Å². The molecule has 0 saturated carbocycles. The molecule has 0 saturated heterocycles. The fourth-order valence-electron chi connectivity index (χ4n) is 0.998. The molecule has 1 aromatic rings. The molecule has 68 valence electrons. The lowest BCUT2D eigenvalue weighted by Gasteiger charge is -1.92. The molecular weight excluding hydrogens is 186 g/mol. The van der Waals surface area contributed by atoms with E-state index < -0.39 is 5.91 Å². The van der Waals surface area contributed by atoms with Crippen LogP contribution in [0.1, 0.15) is 23.1 Å². The van der Waals surface area contributed by atoms with Gasteiger partial charge in [-0.15, -0.1) is 0 Å². The van der Waals surface area contributed by atoms with Crippen molar-refractivity contribution in [1.29, 1.82) is 0 Å². The minimum Gasteiger partial charge on any atom is -0.264 e. The van der Waals surface area contributed by atoms with E-state index >= 15 is 0 Å². The second kappa shape index (κ2) is 4.07. The Balaban J connectivity index is 3.07. The smallest absolute Gasteiger partial charge is 0.264 e. The molecule has 5 heteroatoms. The normalized spacial score (nSPS) is 9.38. The molecular formula is C8H9N3OS. The fourth-order valence-corrected chi connectivity index (χ4v) is 1.08. The highest BCUT2D eigenvalue weighted by Gasteiger charge is 2.10. The van der Waals surface area contributed by atoms with Crippen LogP contribution >= 0.6 is 12.2 Å². The number of nitrogens with zero attached hydrogens (tertiary/aromatic N) is 3. The first kappa shape index (κ1) is 9.77. The average Bonchev–Trinajstić information content (AvgIpc) is 2.47. The first-order valence-electron chi connectivity index (χ1n) is 3.84. The number of carbonyl (C=O) groups excluding carboxylic acids is 1. The molecule has 0 radical (unpaired) electrons. The maximum atomic E-state index is 11.2. The lowest BCUT2D eigenvalue weighted by atomic mass is 10.3. The van der Waals surface area contributed by atoms with Gasteiger partial charge in [0.15, 0.2) is 0 Å². The molecule has 0 aliphatic rings. The van der Waals surface area contributed by atoms with Crippen LogP contribution in [0, 0.1) is 0 Å². The Morgan fingerprint density at radius 3 is 3.00 bits per heavy atom. The highest BCUT2D eigenvalue weighted by Crippen LogP contribution is 2.04. The standard InChI is InChI=1S/C8H9N3OS/c1-3-6-4-7(11(2)10-6)8(12)9-5-13/h4H,3H2,1-2H3. The Morgan fingerprint density at radius 2 is 2.54 bits per heavy atom. The van der Waals surface area contributed by atoms with Gasteiger partial charge in [-0.05, 0) is 24.7 Å². The summed E-state index contributed by atoms with van der Waals surface area (Å²) in [6, 6.07) is 1.71. The monoisotopic (exact) mass is 195 g/mol. The van der Waals surface area contributed by atoms with Crippen molar-refractivity contribution in [1.82, 2.24) is 9.78 Å². The summed E-state index contributed by atoms with van der Waals surface area (Å²) in [6.07, 6.45) is 0.794. The van der Waals surface area contributed by atoms with Gasteiger partial charge in [0, 0.05) is 7.05 Å². The molecule has 13 heavy (non-hydrogen) atoms. The highest BCUT2D eigenvalue weighted by molar-refractivity contribution is 7.78. The summed E-state index contributed by atoms with van der Waals surface area (Å²) in [5, 5.41) is 6.14. The number of aromatic nitrogens is 2. The molecule has 0 fully saturated rings. The van der Waals surface area contributed by atoms with E-state index in [1.165, 1.54) is 4.68 Å². The molecule has 0 bridgehead atoms. The van der Waals surface area contributed by atoms with Gasteiger partial charge in [-0.2, -0.15) is 10.1 Å². The van der Waals surface area contributed by atoms with E-state index in [-0.39, 0.29) is 0 Å². The van der Waals surface area contributed by atoms with Crippen molar-refractivity contribution < 1.29 is 4.79 Å². The number of thiocarbonyl (C=S) groups is 1. The van der Waals surface area contributed by atoms with Gasteiger partial charge in [0.1, 0.15) is 5.69 Å². The first-order chi connectivity index (χ1) is 6.19. The largest absolute Gasteiger partial charge is 0.304 e. The number of isothiocyanates is 1. The van der Waals surface area contributed by atoms with Crippen LogP contribution in [-0.2, 0) is 13.5 Å². The zero-order valence-corrected chi connectivity index (χ0v) is 8.26. The molecule has 0 unspecified atom stereocenters. The SMILES string of the molecule is CCc1cc(C(=O)N=C=S)n(C)n1. The van der Waals surface area contributed by atoms with Crippen molar-refractivity contribution >= 4 is 23.3 Å². The van der Waals surface area contributed by atoms with E-state index in [4.69, 9.17) is 0 Å². The first-order valence-corrected chi connectivity index (χ1v) is 4.25. The van der Waals surface area contributed by atoms with E-state index in [2.05, 4.69) is 22.3 Å². The van der Waals surface area contributed by atoms with Crippen molar-refractivity contribution in [3.8, 4) is 0 Å². The second-order valence-electron chi connectivity index (χ2n) is 2.51. The fraction of sp³-hybridized carbons (Fsp3) is 0.375. The zero-order valence-electron chi connectivity index (χ0n) is 7.44. The second-order valence-corrected chi connectivity index (χ2v) is 2.69. The Morgan fingerprint density at radius 1 is 1.85 bits per heavy atom. The third kappa shape index (κ3) is 2.08. The van der Waals surface area contributed by atoms with E-state index in [0.29, 0.717) is 5.69 Å².